The van der Waals surface area contributed by atoms with Gasteiger partial charge < -0.3 is 15.4 Å². The lowest BCUT2D eigenvalue weighted by atomic mass is 10.2. The molecule has 0 saturated heterocycles. The van der Waals surface area contributed by atoms with Crippen molar-refractivity contribution in [2.75, 3.05) is 25.1 Å². The van der Waals surface area contributed by atoms with Gasteiger partial charge in [-0.2, -0.15) is 0 Å². The number of ether oxygens (including phenoxy) is 1. The summed E-state index contributed by atoms with van der Waals surface area (Å²) in [4.78, 5) is 13.9. The molecule has 18 heavy (non-hydrogen) atoms. The van der Waals surface area contributed by atoms with Gasteiger partial charge in [-0.25, -0.2) is 0 Å². The largest absolute Gasteiger partial charge is 0.370 e. The number of hydrogen-bond acceptors (Lipinski definition) is 3. The number of hydrogen-bond donors (Lipinski definition) is 1. The summed E-state index contributed by atoms with van der Waals surface area (Å²) in [6.07, 6.45) is -0.574. The Bertz CT molecular complexity index is 381. The summed E-state index contributed by atoms with van der Waals surface area (Å²) in [5.41, 5.74) is 7.52. The quantitative estimate of drug-likeness (QED) is 0.888. The summed E-state index contributed by atoms with van der Waals surface area (Å²) in [6.45, 7) is 4.72. The van der Waals surface area contributed by atoms with Gasteiger partial charge in [0.1, 0.15) is 6.10 Å². The summed E-state index contributed by atoms with van der Waals surface area (Å²) in [7, 11) is 1.50. The standard InChI is InChI=1S/C13H20N2O2.ClH/c1-4-15(13(16)12(9-14)17-3)11-7-5-6-10(2)8-11;/h5-8,12H,4,9,14H2,1-3H3;1H. The van der Waals surface area contributed by atoms with Gasteiger partial charge in [-0.05, 0) is 31.5 Å². The normalized spacial score (nSPS) is 11.6. The van der Waals surface area contributed by atoms with Crippen molar-refractivity contribution in [1.29, 1.82) is 0 Å². The topological polar surface area (TPSA) is 55.6 Å². The fourth-order valence-corrected chi connectivity index (χ4v) is 1.73. The van der Waals surface area contributed by atoms with Gasteiger partial charge >= 0.3 is 0 Å². The van der Waals surface area contributed by atoms with Gasteiger partial charge in [0, 0.05) is 25.9 Å². The first kappa shape index (κ1) is 16.9. The number of rotatable bonds is 5. The molecular weight excluding hydrogens is 252 g/mol. The number of amides is 1. The molecule has 0 aromatic heterocycles. The number of halogens is 1. The number of likely N-dealkylation sites (N-methyl/N-ethyl adjacent to an activating group) is 1. The molecule has 1 unspecified atom stereocenters. The summed E-state index contributed by atoms with van der Waals surface area (Å²) < 4.78 is 5.08. The van der Waals surface area contributed by atoms with Gasteiger partial charge in [0.15, 0.2) is 0 Å². The van der Waals surface area contributed by atoms with E-state index in [9.17, 15) is 4.79 Å². The van der Waals surface area contributed by atoms with E-state index in [0.29, 0.717) is 6.54 Å². The molecule has 0 radical (unpaired) electrons. The Hall–Kier alpha value is -1.10. The van der Waals surface area contributed by atoms with E-state index in [2.05, 4.69) is 0 Å². The van der Waals surface area contributed by atoms with Crippen LogP contribution in [-0.2, 0) is 9.53 Å². The van der Waals surface area contributed by atoms with Crippen LogP contribution in [-0.4, -0.2) is 32.2 Å². The number of carbonyl (C=O) groups excluding carboxylic acids is 1. The van der Waals surface area contributed by atoms with Crippen LogP contribution >= 0.6 is 12.4 Å². The number of anilines is 1. The predicted octanol–water partition coefficient (Wildman–Crippen LogP) is 1.74. The minimum absolute atomic E-state index is 0. The van der Waals surface area contributed by atoms with E-state index in [0.717, 1.165) is 11.3 Å². The highest BCUT2D eigenvalue weighted by atomic mass is 35.5. The number of benzene rings is 1. The zero-order valence-electron chi connectivity index (χ0n) is 11.1. The molecule has 1 aromatic carbocycles. The van der Waals surface area contributed by atoms with Crippen LogP contribution in [0.25, 0.3) is 0 Å². The van der Waals surface area contributed by atoms with Crippen LogP contribution in [0.5, 0.6) is 0 Å². The van der Waals surface area contributed by atoms with E-state index in [-0.39, 0.29) is 24.9 Å². The lowest BCUT2D eigenvalue weighted by molar-refractivity contribution is -0.127. The van der Waals surface area contributed by atoms with E-state index in [4.69, 9.17) is 10.5 Å². The molecular formula is C13H21ClN2O2. The van der Waals surface area contributed by atoms with Crippen molar-refractivity contribution in [3.05, 3.63) is 29.8 Å². The maximum Gasteiger partial charge on any atom is 0.257 e. The third-order valence-corrected chi connectivity index (χ3v) is 2.67. The second kappa shape index (κ2) is 8.08. The first-order valence-corrected chi connectivity index (χ1v) is 5.75. The Kier molecular flexibility index (Phi) is 7.59. The van der Waals surface area contributed by atoms with E-state index < -0.39 is 6.10 Å². The van der Waals surface area contributed by atoms with Crippen molar-refractivity contribution in [2.45, 2.75) is 20.0 Å². The van der Waals surface area contributed by atoms with Gasteiger partial charge in [-0.3, -0.25) is 4.79 Å². The molecule has 1 aromatic rings. The molecule has 0 aliphatic carbocycles. The van der Waals surface area contributed by atoms with Crippen LogP contribution < -0.4 is 10.6 Å². The zero-order chi connectivity index (χ0) is 12.8. The average molecular weight is 273 g/mol. The highest BCUT2D eigenvalue weighted by molar-refractivity contribution is 5.96. The van der Waals surface area contributed by atoms with Gasteiger partial charge in [-0.1, -0.05) is 12.1 Å². The molecule has 1 amide bonds. The lowest BCUT2D eigenvalue weighted by Crippen LogP contribution is -2.43. The minimum Gasteiger partial charge on any atom is -0.370 e. The van der Waals surface area contributed by atoms with Gasteiger partial charge in [-0.15, -0.1) is 12.4 Å². The lowest BCUT2D eigenvalue weighted by Gasteiger charge is -2.25. The van der Waals surface area contributed by atoms with Crippen molar-refractivity contribution in [2.24, 2.45) is 5.73 Å². The van der Waals surface area contributed by atoms with E-state index in [1.54, 1.807) is 4.90 Å². The molecule has 0 spiro atoms. The van der Waals surface area contributed by atoms with Crippen LogP contribution in [0, 0.1) is 6.92 Å². The molecule has 0 bridgehead atoms. The summed E-state index contributed by atoms with van der Waals surface area (Å²) in [5.74, 6) is -0.0944. The maximum absolute atomic E-state index is 12.2. The highest BCUT2D eigenvalue weighted by Gasteiger charge is 2.22. The number of carbonyl (C=O) groups is 1. The van der Waals surface area contributed by atoms with Gasteiger partial charge in [0.2, 0.25) is 0 Å². The fourth-order valence-electron chi connectivity index (χ4n) is 1.73. The van der Waals surface area contributed by atoms with Crippen LogP contribution in [0.4, 0.5) is 5.69 Å². The van der Waals surface area contributed by atoms with E-state index in [1.807, 2.05) is 38.1 Å². The predicted molar refractivity (Wildman–Crippen MR) is 76.3 cm³/mol. The number of nitrogens with two attached hydrogens (primary N) is 1. The van der Waals surface area contributed by atoms with Crippen molar-refractivity contribution >= 4 is 24.0 Å². The first-order chi connectivity index (χ1) is 8.13. The molecule has 5 heteroatoms. The zero-order valence-corrected chi connectivity index (χ0v) is 11.9. The number of aryl methyl sites for hydroxylation is 1. The molecule has 2 N–H and O–H groups in total. The van der Waals surface area contributed by atoms with Crippen LogP contribution in [0.15, 0.2) is 24.3 Å². The second-order valence-electron chi connectivity index (χ2n) is 3.88. The molecule has 0 aliphatic heterocycles. The molecule has 102 valence electrons. The maximum atomic E-state index is 12.2. The summed E-state index contributed by atoms with van der Waals surface area (Å²) >= 11 is 0. The van der Waals surface area contributed by atoms with Crippen molar-refractivity contribution in [3.8, 4) is 0 Å². The number of nitrogens with zero attached hydrogens (tertiary/aromatic N) is 1. The summed E-state index contributed by atoms with van der Waals surface area (Å²) in [6, 6.07) is 7.83. The molecule has 0 fully saturated rings. The molecule has 4 nitrogen and oxygen atoms in total. The van der Waals surface area contributed by atoms with Crippen LogP contribution in [0.1, 0.15) is 12.5 Å². The molecule has 1 rings (SSSR count). The first-order valence-electron chi connectivity index (χ1n) is 5.75. The third kappa shape index (κ3) is 3.98. The van der Waals surface area contributed by atoms with Crippen molar-refractivity contribution < 1.29 is 9.53 Å². The van der Waals surface area contributed by atoms with Gasteiger partial charge in [0.25, 0.3) is 5.91 Å². The Morgan fingerprint density at radius 2 is 2.17 bits per heavy atom. The monoisotopic (exact) mass is 272 g/mol. The Labute approximate surface area is 115 Å². The van der Waals surface area contributed by atoms with E-state index >= 15 is 0 Å². The smallest absolute Gasteiger partial charge is 0.257 e. The Morgan fingerprint density at radius 3 is 2.61 bits per heavy atom. The minimum atomic E-state index is -0.574. The van der Waals surface area contributed by atoms with Crippen LogP contribution in [0.2, 0.25) is 0 Å². The van der Waals surface area contributed by atoms with E-state index in [1.165, 1.54) is 7.11 Å². The molecule has 1 atom stereocenters. The number of methoxy groups -OCH3 is 1. The average Bonchev–Trinajstić information content (AvgIpc) is 2.31. The second-order valence-corrected chi connectivity index (χ2v) is 3.88. The molecule has 0 aliphatic rings. The van der Waals surface area contributed by atoms with Crippen molar-refractivity contribution in [3.63, 3.8) is 0 Å². The fraction of sp³-hybridized carbons (Fsp3) is 0.462. The van der Waals surface area contributed by atoms with Gasteiger partial charge in [0.05, 0.1) is 0 Å². The Balaban J connectivity index is 0.00000289. The summed E-state index contributed by atoms with van der Waals surface area (Å²) in [5, 5.41) is 0. The Morgan fingerprint density at radius 1 is 1.50 bits per heavy atom. The SMILES string of the molecule is CCN(C(=O)C(CN)OC)c1cccc(C)c1.Cl. The molecule has 0 saturated carbocycles. The molecule has 0 heterocycles. The van der Waals surface area contributed by atoms with Crippen molar-refractivity contribution in [1.82, 2.24) is 0 Å². The van der Waals surface area contributed by atoms with Crippen LogP contribution in [0.3, 0.4) is 0 Å². The third-order valence-electron chi connectivity index (χ3n) is 2.67. The highest BCUT2D eigenvalue weighted by Crippen LogP contribution is 2.17.